The molecule has 1 aromatic heterocycles. The van der Waals surface area contributed by atoms with Crippen molar-refractivity contribution in [2.24, 2.45) is 5.73 Å². The maximum Gasteiger partial charge on any atom is 0.248 e. The Balaban J connectivity index is 2.21. The van der Waals surface area contributed by atoms with Crippen LogP contribution in [0.4, 0.5) is 17.3 Å². The van der Waals surface area contributed by atoms with Gasteiger partial charge < -0.3 is 16.8 Å². The molecule has 0 bridgehead atoms. The SMILES string of the molecule is NC(=O)c1cccc(Nc2cnc(N)cn2)c1. The molecule has 5 N–H and O–H groups in total. The molecule has 0 atom stereocenters. The molecule has 2 rings (SSSR count). The fourth-order valence-electron chi connectivity index (χ4n) is 1.30. The molecule has 0 saturated heterocycles. The number of anilines is 3. The number of nitrogens with two attached hydrogens (primary N) is 2. The number of amides is 1. The minimum Gasteiger partial charge on any atom is -0.382 e. The van der Waals surface area contributed by atoms with Crippen LogP contribution in [0.15, 0.2) is 36.7 Å². The van der Waals surface area contributed by atoms with Gasteiger partial charge in [-0.15, -0.1) is 0 Å². The Kier molecular flexibility index (Phi) is 2.87. The van der Waals surface area contributed by atoms with Gasteiger partial charge in [0.1, 0.15) is 11.6 Å². The molecule has 1 aromatic carbocycles. The van der Waals surface area contributed by atoms with E-state index in [4.69, 9.17) is 11.5 Å². The summed E-state index contributed by atoms with van der Waals surface area (Å²) in [6.07, 6.45) is 2.95. The monoisotopic (exact) mass is 229 g/mol. The van der Waals surface area contributed by atoms with E-state index in [0.717, 1.165) is 0 Å². The normalized spacial score (nSPS) is 9.88. The first-order valence-electron chi connectivity index (χ1n) is 4.89. The van der Waals surface area contributed by atoms with Crippen molar-refractivity contribution in [3.8, 4) is 0 Å². The first kappa shape index (κ1) is 10.9. The second kappa shape index (κ2) is 4.48. The third-order valence-corrected chi connectivity index (χ3v) is 2.09. The lowest BCUT2D eigenvalue weighted by Gasteiger charge is -2.06. The van der Waals surface area contributed by atoms with Crippen molar-refractivity contribution in [1.82, 2.24) is 9.97 Å². The average molecular weight is 229 g/mol. The lowest BCUT2D eigenvalue weighted by atomic mass is 10.2. The third-order valence-electron chi connectivity index (χ3n) is 2.09. The Hall–Kier alpha value is -2.63. The Morgan fingerprint density at radius 1 is 1.24 bits per heavy atom. The van der Waals surface area contributed by atoms with Gasteiger partial charge in [-0.1, -0.05) is 6.07 Å². The van der Waals surface area contributed by atoms with Crippen molar-refractivity contribution in [1.29, 1.82) is 0 Å². The second-order valence-corrected chi connectivity index (χ2v) is 3.40. The van der Waals surface area contributed by atoms with Crippen LogP contribution in [0, 0.1) is 0 Å². The van der Waals surface area contributed by atoms with E-state index in [2.05, 4.69) is 15.3 Å². The van der Waals surface area contributed by atoms with Crippen molar-refractivity contribution in [3.05, 3.63) is 42.2 Å². The summed E-state index contributed by atoms with van der Waals surface area (Å²) >= 11 is 0. The first-order chi connectivity index (χ1) is 8.15. The van der Waals surface area contributed by atoms with Crippen molar-refractivity contribution >= 4 is 23.2 Å². The molecular weight excluding hydrogens is 218 g/mol. The highest BCUT2D eigenvalue weighted by Gasteiger charge is 2.02. The van der Waals surface area contributed by atoms with Crippen LogP contribution in [-0.4, -0.2) is 15.9 Å². The zero-order chi connectivity index (χ0) is 12.3. The van der Waals surface area contributed by atoms with Crippen LogP contribution in [0.2, 0.25) is 0 Å². The highest BCUT2D eigenvalue weighted by Crippen LogP contribution is 2.15. The summed E-state index contributed by atoms with van der Waals surface area (Å²) in [5.41, 5.74) is 11.7. The number of primary amides is 1. The van der Waals surface area contributed by atoms with E-state index in [-0.39, 0.29) is 0 Å². The van der Waals surface area contributed by atoms with E-state index in [1.807, 2.05) is 0 Å². The molecule has 2 aromatic rings. The topological polar surface area (TPSA) is 107 Å². The molecule has 0 unspecified atom stereocenters. The van der Waals surface area contributed by atoms with Gasteiger partial charge in [-0.05, 0) is 18.2 Å². The third kappa shape index (κ3) is 2.69. The van der Waals surface area contributed by atoms with Gasteiger partial charge in [0.15, 0.2) is 0 Å². The number of hydrogen-bond acceptors (Lipinski definition) is 5. The van der Waals surface area contributed by atoms with Crippen LogP contribution in [-0.2, 0) is 0 Å². The summed E-state index contributed by atoms with van der Waals surface area (Å²) in [7, 11) is 0. The van der Waals surface area contributed by atoms with E-state index in [0.29, 0.717) is 22.9 Å². The van der Waals surface area contributed by atoms with Crippen molar-refractivity contribution in [3.63, 3.8) is 0 Å². The molecule has 0 aliphatic carbocycles. The first-order valence-corrected chi connectivity index (χ1v) is 4.89. The predicted octanol–water partition coefficient (Wildman–Crippen LogP) is 0.901. The number of aromatic nitrogens is 2. The number of nitrogen functional groups attached to an aromatic ring is 1. The predicted molar refractivity (Wildman–Crippen MR) is 64.7 cm³/mol. The molecule has 1 heterocycles. The Labute approximate surface area is 97.7 Å². The molecule has 0 saturated carbocycles. The van der Waals surface area contributed by atoms with Gasteiger partial charge in [-0.25, -0.2) is 9.97 Å². The van der Waals surface area contributed by atoms with Gasteiger partial charge in [0.2, 0.25) is 5.91 Å². The highest BCUT2D eigenvalue weighted by molar-refractivity contribution is 5.93. The molecule has 17 heavy (non-hydrogen) atoms. The maximum absolute atomic E-state index is 11.0. The summed E-state index contributed by atoms with van der Waals surface area (Å²) in [4.78, 5) is 18.9. The van der Waals surface area contributed by atoms with Gasteiger partial charge in [0, 0.05) is 11.3 Å². The molecule has 1 amide bonds. The summed E-state index contributed by atoms with van der Waals surface area (Å²) in [5.74, 6) is 0.416. The van der Waals surface area contributed by atoms with Crippen molar-refractivity contribution in [2.75, 3.05) is 11.1 Å². The Morgan fingerprint density at radius 2 is 2.06 bits per heavy atom. The van der Waals surface area contributed by atoms with Gasteiger partial charge >= 0.3 is 0 Å². The lowest BCUT2D eigenvalue weighted by Crippen LogP contribution is -2.10. The van der Waals surface area contributed by atoms with Crippen LogP contribution in [0.3, 0.4) is 0 Å². The molecule has 0 aliphatic rings. The fraction of sp³-hybridized carbons (Fsp3) is 0. The van der Waals surface area contributed by atoms with Crippen LogP contribution in [0.5, 0.6) is 0 Å². The largest absolute Gasteiger partial charge is 0.382 e. The molecule has 6 heteroatoms. The number of rotatable bonds is 3. The van der Waals surface area contributed by atoms with Crippen molar-refractivity contribution < 1.29 is 4.79 Å². The van der Waals surface area contributed by atoms with Gasteiger partial charge in [0.25, 0.3) is 0 Å². The van der Waals surface area contributed by atoms with Crippen LogP contribution < -0.4 is 16.8 Å². The summed E-state index contributed by atoms with van der Waals surface area (Å²) in [6, 6.07) is 6.81. The summed E-state index contributed by atoms with van der Waals surface area (Å²) in [6.45, 7) is 0. The Morgan fingerprint density at radius 3 is 2.71 bits per heavy atom. The van der Waals surface area contributed by atoms with Gasteiger partial charge in [-0.2, -0.15) is 0 Å². The van der Waals surface area contributed by atoms with Crippen LogP contribution in [0.25, 0.3) is 0 Å². The summed E-state index contributed by atoms with van der Waals surface area (Å²) in [5, 5.41) is 2.99. The smallest absolute Gasteiger partial charge is 0.248 e. The molecule has 86 valence electrons. The van der Waals surface area contributed by atoms with Crippen molar-refractivity contribution in [2.45, 2.75) is 0 Å². The van der Waals surface area contributed by atoms with E-state index >= 15 is 0 Å². The zero-order valence-corrected chi connectivity index (χ0v) is 8.92. The van der Waals surface area contributed by atoms with Crippen LogP contribution in [0.1, 0.15) is 10.4 Å². The molecular formula is C11H11N5O. The molecule has 6 nitrogen and oxygen atoms in total. The second-order valence-electron chi connectivity index (χ2n) is 3.40. The van der Waals surface area contributed by atoms with E-state index < -0.39 is 5.91 Å². The molecule has 0 aliphatic heterocycles. The van der Waals surface area contributed by atoms with Crippen LogP contribution >= 0.6 is 0 Å². The number of carbonyl (C=O) groups is 1. The quantitative estimate of drug-likeness (QED) is 0.724. The molecule has 0 radical (unpaired) electrons. The summed E-state index contributed by atoms with van der Waals surface area (Å²) < 4.78 is 0. The highest BCUT2D eigenvalue weighted by atomic mass is 16.1. The number of carbonyl (C=O) groups excluding carboxylic acids is 1. The van der Waals surface area contributed by atoms with Gasteiger partial charge in [-0.3, -0.25) is 4.79 Å². The average Bonchev–Trinajstić information content (AvgIpc) is 2.32. The van der Waals surface area contributed by atoms with E-state index in [1.165, 1.54) is 12.4 Å². The number of nitrogens with one attached hydrogen (secondary N) is 1. The Bertz CT molecular complexity index is 538. The minimum atomic E-state index is -0.475. The number of hydrogen-bond donors (Lipinski definition) is 3. The van der Waals surface area contributed by atoms with E-state index in [1.54, 1.807) is 24.3 Å². The lowest BCUT2D eigenvalue weighted by molar-refractivity contribution is 0.100. The minimum absolute atomic E-state index is 0.349. The number of nitrogens with zero attached hydrogens (tertiary/aromatic N) is 2. The molecule has 0 fully saturated rings. The standard InChI is InChI=1S/C11H11N5O/c12-9-5-15-10(6-14-9)16-8-3-1-2-7(4-8)11(13)17/h1-6H,(H2,12,14)(H2,13,17)(H,15,16). The number of benzene rings is 1. The van der Waals surface area contributed by atoms with E-state index in [9.17, 15) is 4.79 Å². The zero-order valence-electron chi connectivity index (χ0n) is 8.92. The van der Waals surface area contributed by atoms with Gasteiger partial charge in [0.05, 0.1) is 12.4 Å². The fourth-order valence-corrected chi connectivity index (χ4v) is 1.30. The molecule has 0 spiro atoms. The maximum atomic E-state index is 11.0.